The van der Waals surface area contributed by atoms with Gasteiger partial charge in [-0.05, 0) is 55.0 Å². The van der Waals surface area contributed by atoms with Crippen LogP contribution in [0.4, 0.5) is 0 Å². The second kappa shape index (κ2) is 13.1. The summed E-state index contributed by atoms with van der Waals surface area (Å²) in [6.45, 7) is 6.04. The van der Waals surface area contributed by atoms with Crippen LogP contribution in [0.2, 0.25) is 10.0 Å². The van der Waals surface area contributed by atoms with Gasteiger partial charge < -0.3 is 16.0 Å². The van der Waals surface area contributed by atoms with Gasteiger partial charge in [0.1, 0.15) is 11.6 Å². The number of nitrogens with one attached hydrogen (secondary N) is 1. The van der Waals surface area contributed by atoms with Gasteiger partial charge in [-0.3, -0.25) is 0 Å². The minimum absolute atomic E-state index is 0.217. The highest BCUT2D eigenvalue weighted by atomic mass is 35.5. The van der Waals surface area contributed by atoms with Crippen molar-refractivity contribution >= 4 is 29.0 Å². The van der Waals surface area contributed by atoms with Gasteiger partial charge in [0.05, 0.1) is 40.1 Å². The number of aryl methyl sites for hydroxylation is 1. The number of benzene rings is 3. The van der Waals surface area contributed by atoms with Gasteiger partial charge in [0.2, 0.25) is 0 Å². The molecule has 4 aromatic rings. The van der Waals surface area contributed by atoms with Crippen molar-refractivity contribution in [1.29, 1.82) is 0 Å². The van der Waals surface area contributed by atoms with Gasteiger partial charge in [0, 0.05) is 12.0 Å². The monoisotopic (exact) mass is 538 g/mol. The van der Waals surface area contributed by atoms with Crippen molar-refractivity contribution in [3.63, 3.8) is 0 Å². The van der Waals surface area contributed by atoms with Crippen LogP contribution in [0.1, 0.15) is 36.6 Å². The van der Waals surface area contributed by atoms with E-state index in [1.807, 2.05) is 86.1 Å². The molecule has 0 amide bonds. The summed E-state index contributed by atoms with van der Waals surface area (Å²) in [6, 6.07) is 23.4. The Morgan fingerprint density at radius 3 is 2.35 bits per heavy atom. The molecule has 0 spiro atoms. The molecule has 5 N–H and O–H groups in total. The number of aromatic nitrogens is 2. The molecule has 0 aliphatic rings. The standard InChI is InChI=1S/C26H26Cl2N6O.C2H6/c1-16-4-3-5-17(12-16)22(26(31-29)32-30)14-19-15-25(18-6-11-23(27)24(28)13-18)34(33-19)20-7-9-21(35-2)10-8-20;1-2/h3-13,15,22H,14,29-30H2,1-2H3,(H,31,32);1-2H3. The summed E-state index contributed by atoms with van der Waals surface area (Å²) in [7, 11) is 1.63. The summed E-state index contributed by atoms with van der Waals surface area (Å²) < 4.78 is 7.18. The summed E-state index contributed by atoms with van der Waals surface area (Å²) in [4.78, 5) is 0. The van der Waals surface area contributed by atoms with Gasteiger partial charge in [0.25, 0.3) is 0 Å². The van der Waals surface area contributed by atoms with Gasteiger partial charge in [-0.2, -0.15) is 10.2 Å². The second-order valence-corrected chi connectivity index (χ2v) is 8.90. The number of halogens is 2. The normalized spacial score (nSPS) is 11.9. The molecule has 1 aromatic heterocycles. The molecule has 194 valence electrons. The predicted molar refractivity (Wildman–Crippen MR) is 153 cm³/mol. The Morgan fingerprint density at radius 1 is 1.03 bits per heavy atom. The van der Waals surface area contributed by atoms with E-state index in [2.05, 4.69) is 16.6 Å². The van der Waals surface area contributed by atoms with Crippen LogP contribution in [0.25, 0.3) is 16.9 Å². The van der Waals surface area contributed by atoms with Crippen LogP contribution >= 0.6 is 23.2 Å². The quantitative estimate of drug-likeness (QED) is 0.111. The number of ether oxygens (including phenoxy) is 1. The van der Waals surface area contributed by atoms with Gasteiger partial charge in [-0.25, -0.2) is 10.5 Å². The van der Waals surface area contributed by atoms with Crippen LogP contribution in [-0.2, 0) is 6.42 Å². The minimum Gasteiger partial charge on any atom is -0.497 e. The van der Waals surface area contributed by atoms with Crippen LogP contribution < -0.4 is 21.8 Å². The SMILES string of the molecule is CC.COc1ccc(-n2nc(CC(/C(=N/N)NN)c3cccc(C)c3)cc2-c2ccc(Cl)c(Cl)c2)cc1. The molecule has 7 nitrogen and oxygen atoms in total. The van der Waals surface area contributed by atoms with E-state index in [0.717, 1.165) is 39.5 Å². The zero-order valence-corrected chi connectivity index (χ0v) is 22.9. The smallest absolute Gasteiger partial charge is 0.143 e. The number of hydrogen-bond donors (Lipinski definition) is 3. The molecule has 1 unspecified atom stereocenters. The van der Waals surface area contributed by atoms with Crippen molar-refractivity contribution in [2.24, 2.45) is 16.8 Å². The number of nitrogens with zero attached hydrogens (tertiary/aromatic N) is 3. The van der Waals surface area contributed by atoms with E-state index in [-0.39, 0.29) is 5.92 Å². The molecular weight excluding hydrogens is 507 g/mol. The number of rotatable bonds is 7. The van der Waals surface area contributed by atoms with E-state index < -0.39 is 0 Å². The number of hydrogen-bond acceptors (Lipinski definition) is 5. The van der Waals surface area contributed by atoms with Gasteiger partial charge in [-0.15, -0.1) is 0 Å². The molecule has 0 saturated heterocycles. The highest BCUT2D eigenvalue weighted by Gasteiger charge is 2.22. The van der Waals surface area contributed by atoms with Crippen molar-refractivity contribution in [3.8, 4) is 22.7 Å². The average Bonchev–Trinajstić information content (AvgIpc) is 3.35. The molecule has 0 bridgehead atoms. The number of amidine groups is 1. The Kier molecular flexibility index (Phi) is 9.97. The molecular formula is C28H32Cl2N6O. The fourth-order valence-corrected chi connectivity index (χ4v) is 4.31. The fraction of sp³-hybridized carbons (Fsp3) is 0.214. The third-order valence-electron chi connectivity index (χ3n) is 5.77. The Hall–Kier alpha value is -3.52. The first-order chi connectivity index (χ1) is 17.9. The zero-order valence-electron chi connectivity index (χ0n) is 21.4. The Morgan fingerprint density at radius 2 is 1.76 bits per heavy atom. The fourth-order valence-electron chi connectivity index (χ4n) is 4.01. The lowest BCUT2D eigenvalue weighted by atomic mass is 9.92. The average molecular weight is 540 g/mol. The Balaban J connectivity index is 0.00000186. The predicted octanol–water partition coefficient (Wildman–Crippen LogP) is 6.25. The summed E-state index contributed by atoms with van der Waals surface area (Å²) in [5.74, 6) is 12.4. The van der Waals surface area contributed by atoms with Crippen LogP contribution in [0.15, 0.2) is 77.9 Å². The van der Waals surface area contributed by atoms with E-state index >= 15 is 0 Å². The molecule has 1 atom stereocenters. The molecule has 9 heteroatoms. The maximum Gasteiger partial charge on any atom is 0.143 e. The minimum atomic E-state index is -0.217. The highest BCUT2D eigenvalue weighted by molar-refractivity contribution is 6.42. The van der Waals surface area contributed by atoms with Crippen molar-refractivity contribution in [3.05, 3.63) is 99.7 Å². The number of methoxy groups -OCH3 is 1. The van der Waals surface area contributed by atoms with E-state index in [0.29, 0.717) is 22.3 Å². The molecule has 0 saturated carbocycles. The number of hydrazone groups is 1. The van der Waals surface area contributed by atoms with E-state index in [1.54, 1.807) is 13.2 Å². The van der Waals surface area contributed by atoms with E-state index in [1.165, 1.54) is 0 Å². The zero-order chi connectivity index (χ0) is 26.9. The van der Waals surface area contributed by atoms with E-state index in [4.69, 9.17) is 44.7 Å². The molecule has 0 fully saturated rings. The first kappa shape index (κ1) is 28.1. The maximum absolute atomic E-state index is 6.34. The highest BCUT2D eigenvalue weighted by Crippen LogP contribution is 2.32. The summed E-state index contributed by atoms with van der Waals surface area (Å²) >= 11 is 12.5. The Bertz CT molecular complexity index is 1350. The summed E-state index contributed by atoms with van der Waals surface area (Å²) in [5.41, 5.74) is 8.24. The molecule has 4 rings (SSSR count). The lowest BCUT2D eigenvalue weighted by Gasteiger charge is -2.18. The molecule has 0 radical (unpaired) electrons. The van der Waals surface area contributed by atoms with Gasteiger partial charge >= 0.3 is 0 Å². The maximum atomic E-state index is 6.34. The van der Waals surface area contributed by atoms with Crippen LogP contribution in [0, 0.1) is 6.92 Å². The number of hydrazine groups is 1. The first-order valence-electron chi connectivity index (χ1n) is 11.9. The van der Waals surface area contributed by atoms with Crippen LogP contribution in [0.3, 0.4) is 0 Å². The van der Waals surface area contributed by atoms with Crippen molar-refractivity contribution in [1.82, 2.24) is 15.2 Å². The van der Waals surface area contributed by atoms with E-state index in [9.17, 15) is 0 Å². The molecule has 0 aliphatic heterocycles. The third-order valence-corrected chi connectivity index (χ3v) is 6.51. The third kappa shape index (κ3) is 6.63. The number of nitrogens with two attached hydrogens (primary N) is 2. The second-order valence-electron chi connectivity index (χ2n) is 8.09. The molecule has 37 heavy (non-hydrogen) atoms. The first-order valence-corrected chi connectivity index (χ1v) is 12.7. The van der Waals surface area contributed by atoms with Crippen molar-refractivity contribution < 1.29 is 4.74 Å². The van der Waals surface area contributed by atoms with Crippen molar-refractivity contribution in [2.45, 2.75) is 33.1 Å². The van der Waals surface area contributed by atoms with Crippen molar-refractivity contribution in [2.75, 3.05) is 7.11 Å². The summed E-state index contributed by atoms with van der Waals surface area (Å²) in [5, 5.41) is 9.79. The van der Waals surface area contributed by atoms with Gasteiger partial charge in [-0.1, -0.05) is 72.9 Å². The lowest BCUT2D eigenvalue weighted by Crippen LogP contribution is -2.37. The topological polar surface area (TPSA) is 103 Å². The van der Waals surface area contributed by atoms with Gasteiger partial charge in [0.15, 0.2) is 0 Å². The summed E-state index contributed by atoms with van der Waals surface area (Å²) in [6.07, 6.45) is 0.515. The Labute approximate surface area is 228 Å². The van der Waals surface area contributed by atoms with Crippen LogP contribution in [-0.4, -0.2) is 22.7 Å². The molecule has 1 heterocycles. The molecule has 0 aliphatic carbocycles. The largest absolute Gasteiger partial charge is 0.497 e. The van der Waals surface area contributed by atoms with Crippen LogP contribution in [0.5, 0.6) is 5.75 Å². The molecule has 3 aromatic carbocycles. The lowest BCUT2D eigenvalue weighted by molar-refractivity contribution is 0.414.